The second-order valence-electron chi connectivity index (χ2n) is 5.45. The number of benzene rings is 1. The largest absolute Gasteiger partial charge is 0.466 e. The minimum Gasteiger partial charge on any atom is -0.466 e. The number of carbonyl (C=O) groups excluding carboxylic acids is 1. The lowest BCUT2D eigenvalue weighted by molar-refractivity contribution is -0.150. The second-order valence-corrected chi connectivity index (χ2v) is 5.45. The summed E-state index contributed by atoms with van der Waals surface area (Å²) in [6.45, 7) is 6.51. The van der Waals surface area contributed by atoms with E-state index in [9.17, 15) is 4.79 Å². The van der Waals surface area contributed by atoms with Gasteiger partial charge in [0.25, 0.3) is 0 Å². The van der Waals surface area contributed by atoms with E-state index in [4.69, 9.17) is 9.47 Å². The summed E-state index contributed by atoms with van der Waals surface area (Å²) in [5.74, 6) is 0.233. The van der Waals surface area contributed by atoms with Crippen molar-refractivity contribution in [2.45, 2.75) is 39.7 Å². The maximum atomic E-state index is 12.1. The zero-order valence-corrected chi connectivity index (χ0v) is 13.0. The number of carbonyl (C=O) groups is 1. The highest BCUT2D eigenvalue weighted by Crippen LogP contribution is 2.28. The van der Waals surface area contributed by atoms with Crippen molar-refractivity contribution in [1.29, 1.82) is 0 Å². The summed E-state index contributed by atoms with van der Waals surface area (Å²) < 4.78 is 10.8. The van der Waals surface area contributed by atoms with Crippen LogP contribution in [0.5, 0.6) is 0 Å². The lowest BCUT2D eigenvalue weighted by Gasteiger charge is -2.23. The molecule has 0 saturated carbocycles. The lowest BCUT2D eigenvalue weighted by Crippen LogP contribution is -2.22. The maximum Gasteiger partial charge on any atom is 0.309 e. The zero-order chi connectivity index (χ0) is 15.0. The molecular weight excluding hydrogens is 252 g/mol. The molecule has 0 heterocycles. The van der Waals surface area contributed by atoms with Crippen LogP contribution in [-0.2, 0) is 14.3 Å². The third-order valence-corrected chi connectivity index (χ3v) is 3.33. The van der Waals surface area contributed by atoms with Gasteiger partial charge in [0.15, 0.2) is 0 Å². The summed E-state index contributed by atoms with van der Waals surface area (Å²) in [6.07, 6.45) is 1.42. The van der Waals surface area contributed by atoms with Gasteiger partial charge in [-0.2, -0.15) is 0 Å². The van der Waals surface area contributed by atoms with E-state index in [-0.39, 0.29) is 18.0 Å². The average molecular weight is 278 g/mol. The Balaban J connectivity index is 2.78. The van der Waals surface area contributed by atoms with E-state index in [0.717, 1.165) is 12.0 Å². The van der Waals surface area contributed by atoms with Gasteiger partial charge in [-0.15, -0.1) is 0 Å². The summed E-state index contributed by atoms with van der Waals surface area (Å²) in [7, 11) is 1.69. The summed E-state index contributed by atoms with van der Waals surface area (Å²) in [6, 6.07) is 10.0. The molecule has 1 rings (SSSR count). The monoisotopic (exact) mass is 278 g/mol. The third kappa shape index (κ3) is 5.33. The van der Waals surface area contributed by atoms with E-state index in [1.807, 2.05) is 37.3 Å². The van der Waals surface area contributed by atoms with Crippen LogP contribution in [0.4, 0.5) is 0 Å². The molecule has 0 spiro atoms. The Labute approximate surface area is 122 Å². The number of methoxy groups -OCH3 is 1. The van der Waals surface area contributed by atoms with E-state index in [0.29, 0.717) is 18.9 Å². The first-order valence-electron chi connectivity index (χ1n) is 7.32. The Kier molecular flexibility index (Phi) is 7.31. The summed E-state index contributed by atoms with van der Waals surface area (Å²) in [5.41, 5.74) is 1.10. The van der Waals surface area contributed by atoms with Crippen LogP contribution in [0.1, 0.15) is 45.3 Å². The van der Waals surface area contributed by atoms with E-state index >= 15 is 0 Å². The van der Waals surface area contributed by atoms with Gasteiger partial charge in [0, 0.05) is 7.11 Å². The van der Waals surface area contributed by atoms with Crippen molar-refractivity contribution in [1.82, 2.24) is 0 Å². The number of hydrogen-bond acceptors (Lipinski definition) is 3. The molecule has 112 valence electrons. The highest BCUT2D eigenvalue weighted by Gasteiger charge is 2.25. The first-order valence-corrected chi connectivity index (χ1v) is 7.32. The molecule has 0 aliphatic carbocycles. The van der Waals surface area contributed by atoms with Gasteiger partial charge in [-0.25, -0.2) is 0 Å². The van der Waals surface area contributed by atoms with Crippen LogP contribution in [-0.4, -0.2) is 19.7 Å². The van der Waals surface area contributed by atoms with Crippen LogP contribution in [0.3, 0.4) is 0 Å². The van der Waals surface area contributed by atoms with Crippen LogP contribution in [0.15, 0.2) is 30.3 Å². The molecule has 0 radical (unpaired) electrons. The summed E-state index contributed by atoms with van der Waals surface area (Å²) in [4.78, 5) is 12.1. The molecule has 3 nitrogen and oxygen atoms in total. The molecule has 0 N–H and O–H groups in total. The van der Waals surface area contributed by atoms with Crippen molar-refractivity contribution in [2.24, 2.45) is 11.8 Å². The lowest BCUT2D eigenvalue weighted by atomic mass is 9.89. The Morgan fingerprint density at radius 1 is 1.15 bits per heavy atom. The second kappa shape index (κ2) is 8.75. The maximum absolute atomic E-state index is 12.1. The fourth-order valence-corrected chi connectivity index (χ4v) is 2.41. The molecule has 20 heavy (non-hydrogen) atoms. The highest BCUT2D eigenvalue weighted by atomic mass is 16.5. The normalized spacial score (nSPS) is 14.1. The van der Waals surface area contributed by atoms with Crippen molar-refractivity contribution >= 4 is 5.97 Å². The third-order valence-electron chi connectivity index (χ3n) is 3.33. The number of esters is 1. The predicted octanol–water partition coefficient (Wildman–Crippen LogP) is 3.99. The van der Waals surface area contributed by atoms with Gasteiger partial charge < -0.3 is 9.47 Å². The fourth-order valence-electron chi connectivity index (χ4n) is 2.41. The number of hydrogen-bond donors (Lipinski definition) is 0. The van der Waals surface area contributed by atoms with Gasteiger partial charge in [-0.05, 0) is 31.2 Å². The summed E-state index contributed by atoms with van der Waals surface area (Å²) in [5, 5.41) is 0. The molecule has 0 aliphatic heterocycles. The molecule has 0 bridgehead atoms. The quantitative estimate of drug-likeness (QED) is 0.674. The highest BCUT2D eigenvalue weighted by molar-refractivity contribution is 5.72. The van der Waals surface area contributed by atoms with E-state index in [1.54, 1.807) is 7.11 Å². The van der Waals surface area contributed by atoms with Crippen LogP contribution in [0.25, 0.3) is 0 Å². The number of rotatable bonds is 8. The summed E-state index contributed by atoms with van der Waals surface area (Å²) >= 11 is 0. The van der Waals surface area contributed by atoms with Crippen molar-refractivity contribution in [3.05, 3.63) is 35.9 Å². The van der Waals surface area contributed by atoms with Crippen LogP contribution < -0.4 is 0 Å². The van der Waals surface area contributed by atoms with Crippen molar-refractivity contribution in [3.8, 4) is 0 Å². The van der Waals surface area contributed by atoms with E-state index in [1.165, 1.54) is 0 Å². The van der Waals surface area contributed by atoms with Gasteiger partial charge >= 0.3 is 5.97 Å². The van der Waals surface area contributed by atoms with Crippen molar-refractivity contribution in [2.75, 3.05) is 13.7 Å². The van der Waals surface area contributed by atoms with Crippen LogP contribution in [0.2, 0.25) is 0 Å². The molecule has 2 atom stereocenters. The predicted molar refractivity (Wildman–Crippen MR) is 80.4 cm³/mol. The fraction of sp³-hybridized carbons (Fsp3) is 0.588. The van der Waals surface area contributed by atoms with Crippen molar-refractivity contribution in [3.63, 3.8) is 0 Å². The van der Waals surface area contributed by atoms with Gasteiger partial charge in [0.2, 0.25) is 0 Å². The van der Waals surface area contributed by atoms with Gasteiger partial charge in [0.05, 0.1) is 18.6 Å². The SMILES string of the molecule is CCOC(=O)[C@@H](CC(C)C)C[C@H](OC)c1ccccc1. The Hall–Kier alpha value is -1.35. The minimum atomic E-state index is -0.112. The molecule has 0 amide bonds. The Bertz CT molecular complexity index is 386. The Morgan fingerprint density at radius 3 is 2.30 bits per heavy atom. The molecule has 0 saturated heterocycles. The van der Waals surface area contributed by atoms with Gasteiger partial charge in [0.1, 0.15) is 0 Å². The molecule has 0 aromatic heterocycles. The van der Waals surface area contributed by atoms with E-state index < -0.39 is 0 Å². The molecular formula is C17H26O3. The number of ether oxygens (including phenoxy) is 2. The minimum absolute atomic E-state index is 0.0654. The average Bonchev–Trinajstić information content (AvgIpc) is 2.44. The molecule has 0 fully saturated rings. The first kappa shape index (κ1) is 16.7. The van der Waals surface area contributed by atoms with Crippen LogP contribution >= 0.6 is 0 Å². The molecule has 1 aromatic carbocycles. The van der Waals surface area contributed by atoms with Crippen LogP contribution in [0, 0.1) is 11.8 Å². The molecule has 0 unspecified atom stereocenters. The zero-order valence-electron chi connectivity index (χ0n) is 13.0. The van der Waals surface area contributed by atoms with Gasteiger partial charge in [-0.1, -0.05) is 44.2 Å². The topological polar surface area (TPSA) is 35.5 Å². The smallest absolute Gasteiger partial charge is 0.309 e. The Morgan fingerprint density at radius 2 is 1.80 bits per heavy atom. The standard InChI is InChI=1S/C17H26O3/c1-5-20-17(18)15(11-13(2)3)12-16(19-4)14-9-7-6-8-10-14/h6-10,13,15-16H,5,11-12H2,1-4H3/t15-,16-/m0/s1. The van der Waals surface area contributed by atoms with E-state index in [2.05, 4.69) is 13.8 Å². The van der Waals surface area contributed by atoms with Crippen molar-refractivity contribution < 1.29 is 14.3 Å². The molecule has 3 heteroatoms. The first-order chi connectivity index (χ1) is 9.58. The molecule has 1 aromatic rings. The van der Waals surface area contributed by atoms with Gasteiger partial charge in [-0.3, -0.25) is 4.79 Å². The molecule has 0 aliphatic rings.